The van der Waals surface area contributed by atoms with Gasteiger partial charge < -0.3 is 4.74 Å². The van der Waals surface area contributed by atoms with Crippen molar-refractivity contribution in [2.45, 2.75) is 0 Å². The van der Waals surface area contributed by atoms with Crippen molar-refractivity contribution in [2.24, 2.45) is 0 Å². The van der Waals surface area contributed by atoms with E-state index >= 15 is 0 Å². The summed E-state index contributed by atoms with van der Waals surface area (Å²) in [7, 11) is 1.58. The van der Waals surface area contributed by atoms with Crippen LogP contribution in [0, 0.1) is 6.20 Å². The average Bonchev–Trinajstić information content (AvgIpc) is 2.30. The van der Waals surface area contributed by atoms with Crippen LogP contribution in [0.2, 0.25) is 0 Å². The monoisotopic (exact) mass is 186 g/mol. The first-order valence-corrected chi connectivity index (χ1v) is 4.10. The topological polar surface area (TPSA) is 47.9 Å². The first-order chi connectivity index (χ1) is 6.92. The van der Waals surface area contributed by atoms with Gasteiger partial charge in [-0.15, -0.1) is 5.10 Å². The van der Waals surface area contributed by atoms with Gasteiger partial charge in [0.25, 0.3) is 0 Å². The lowest BCUT2D eigenvalue weighted by Gasteiger charge is -2.04. The molecule has 0 saturated heterocycles. The fourth-order valence-corrected chi connectivity index (χ4v) is 1.13. The number of rotatable bonds is 2. The van der Waals surface area contributed by atoms with E-state index in [0.29, 0.717) is 5.75 Å². The molecule has 2 heterocycles. The lowest BCUT2D eigenvalue weighted by atomic mass is 10.2. The van der Waals surface area contributed by atoms with Crippen LogP contribution in [-0.2, 0) is 0 Å². The van der Waals surface area contributed by atoms with Crippen molar-refractivity contribution in [3.05, 3.63) is 36.8 Å². The summed E-state index contributed by atoms with van der Waals surface area (Å²) < 4.78 is 5.13. The maximum absolute atomic E-state index is 5.13. The van der Waals surface area contributed by atoms with Gasteiger partial charge in [0.2, 0.25) is 0 Å². The summed E-state index contributed by atoms with van der Waals surface area (Å²) in [4.78, 5) is 4.18. The Hall–Kier alpha value is -1.97. The van der Waals surface area contributed by atoms with Crippen LogP contribution in [0.1, 0.15) is 0 Å². The van der Waals surface area contributed by atoms with Gasteiger partial charge >= 0.3 is 0 Å². The van der Waals surface area contributed by atoms with Crippen LogP contribution in [-0.4, -0.2) is 22.3 Å². The van der Waals surface area contributed by atoms with Gasteiger partial charge in [-0.3, -0.25) is 4.98 Å². The minimum Gasteiger partial charge on any atom is -0.494 e. The quantitative estimate of drug-likeness (QED) is 0.710. The average molecular weight is 186 g/mol. The normalized spacial score (nSPS) is 9.79. The second-order valence-corrected chi connectivity index (χ2v) is 2.61. The highest BCUT2D eigenvalue weighted by atomic mass is 16.5. The third kappa shape index (κ3) is 1.54. The van der Waals surface area contributed by atoms with E-state index in [1.807, 2.05) is 18.2 Å². The zero-order valence-corrected chi connectivity index (χ0v) is 7.64. The van der Waals surface area contributed by atoms with E-state index in [1.165, 1.54) is 0 Å². The fourth-order valence-electron chi connectivity index (χ4n) is 1.13. The van der Waals surface area contributed by atoms with Gasteiger partial charge in [-0.1, -0.05) is 6.07 Å². The van der Waals surface area contributed by atoms with Crippen LogP contribution in [0.25, 0.3) is 11.3 Å². The predicted octanol–water partition coefficient (Wildman–Crippen LogP) is 1.35. The molecule has 0 saturated carbocycles. The van der Waals surface area contributed by atoms with Crippen molar-refractivity contribution in [3.63, 3.8) is 0 Å². The van der Waals surface area contributed by atoms with E-state index in [-0.39, 0.29) is 0 Å². The Labute approximate surface area is 81.6 Å². The van der Waals surface area contributed by atoms with Gasteiger partial charge in [-0.25, -0.2) is 0 Å². The molecular weight excluding hydrogens is 178 g/mol. The van der Waals surface area contributed by atoms with Gasteiger partial charge in [0.15, 0.2) is 5.75 Å². The van der Waals surface area contributed by atoms with Gasteiger partial charge in [0.05, 0.1) is 24.6 Å². The van der Waals surface area contributed by atoms with Gasteiger partial charge in [0.1, 0.15) is 6.20 Å². The molecule has 0 N–H and O–H groups in total. The summed E-state index contributed by atoms with van der Waals surface area (Å²) in [6.45, 7) is 0. The van der Waals surface area contributed by atoms with E-state index < -0.39 is 0 Å². The molecule has 0 bridgehead atoms. The zero-order chi connectivity index (χ0) is 9.80. The van der Waals surface area contributed by atoms with Gasteiger partial charge in [-0.2, -0.15) is 5.10 Å². The maximum Gasteiger partial charge on any atom is 0.150 e. The van der Waals surface area contributed by atoms with E-state index in [9.17, 15) is 0 Å². The second-order valence-electron chi connectivity index (χ2n) is 2.61. The summed E-state index contributed by atoms with van der Waals surface area (Å²) in [5.41, 5.74) is 1.50. The van der Waals surface area contributed by atoms with Crippen LogP contribution in [0.15, 0.2) is 30.6 Å². The number of nitrogens with zero attached hydrogens (tertiary/aromatic N) is 3. The number of hydrogen-bond donors (Lipinski definition) is 0. The molecule has 0 fully saturated rings. The summed E-state index contributed by atoms with van der Waals surface area (Å²) >= 11 is 0. The SMILES string of the molecule is COc1cnn[c]c1-c1ccccn1. The van der Waals surface area contributed by atoms with Gasteiger partial charge in [-0.05, 0) is 12.1 Å². The lowest BCUT2D eigenvalue weighted by Crippen LogP contribution is -1.92. The third-order valence-electron chi connectivity index (χ3n) is 1.78. The van der Waals surface area contributed by atoms with Crippen LogP contribution in [0.4, 0.5) is 0 Å². The van der Waals surface area contributed by atoms with Crippen molar-refractivity contribution >= 4 is 0 Å². The van der Waals surface area contributed by atoms with Crippen LogP contribution < -0.4 is 4.74 Å². The van der Waals surface area contributed by atoms with E-state index in [1.54, 1.807) is 19.5 Å². The Balaban J connectivity index is 2.51. The molecule has 2 rings (SSSR count). The van der Waals surface area contributed by atoms with Crippen LogP contribution >= 0.6 is 0 Å². The number of hydrogen-bond acceptors (Lipinski definition) is 4. The molecule has 4 heteroatoms. The standard InChI is InChI=1S/C10H8N3O/c1-14-10-7-13-12-6-8(10)9-4-2-3-5-11-9/h2-5,7H,1H3. The molecule has 2 aromatic rings. The fraction of sp³-hybridized carbons (Fsp3) is 0.100. The Kier molecular flexibility index (Phi) is 2.36. The Morgan fingerprint density at radius 2 is 2.29 bits per heavy atom. The molecule has 0 amide bonds. The largest absolute Gasteiger partial charge is 0.494 e. The first-order valence-electron chi connectivity index (χ1n) is 4.10. The molecule has 1 radical (unpaired) electrons. The Morgan fingerprint density at radius 3 is 3.00 bits per heavy atom. The smallest absolute Gasteiger partial charge is 0.150 e. The van der Waals surface area contributed by atoms with Crippen LogP contribution in [0.5, 0.6) is 5.75 Å². The molecule has 0 aromatic carbocycles. The van der Waals surface area contributed by atoms with E-state index in [4.69, 9.17) is 4.74 Å². The highest BCUT2D eigenvalue weighted by Gasteiger charge is 2.06. The molecule has 0 aliphatic rings. The predicted molar refractivity (Wildman–Crippen MR) is 50.7 cm³/mol. The van der Waals surface area contributed by atoms with E-state index in [0.717, 1.165) is 11.3 Å². The van der Waals surface area contributed by atoms with Crippen molar-refractivity contribution in [3.8, 4) is 17.0 Å². The van der Waals surface area contributed by atoms with Crippen molar-refractivity contribution in [2.75, 3.05) is 7.11 Å². The number of ether oxygens (including phenoxy) is 1. The minimum absolute atomic E-state index is 0.624. The molecule has 0 atom stereocenters. The summed E-state index contributed by atoms with van der Waals surface area (Å²) in [5.74, 6) is 0.624. The minimum atomic E-state index is 0.624. The van der Waals surface area contributed by atoms with Crippen LogP contribution in [0.3, 0.4) is 0 Å². The molecule has 0 aliphatic heterocycles. The molecule has 4 nitrogen and oxygen atoms in total. The third-order valence-corrected chi connectivity index (χ3v) is 1.78. The molecule has 0 unspecified atom stereocenters. The Morgan fingerprint density at radius 1 is 1.36 bits per heavy atom. The maximum atomic E-state index is 5.13. The van der Waals surface area contributed by atoms with Crippen molar-refractivity contribution in [1.29, 1.82) is 0 Å². The molecule has 0 spiro atoms. The van der Waals surface area contributed by atoms with Crippen molar-refractivity contribution < 1.29 is 4.74 Å². The van der Waals surface area contributed by atoms with Crippen molar-refractivity contribution in [1.82, 2.24) is 15.2 Å². The summed E-state index contributed by atoms with van der Waals surface area (Å²) in [6.07, 6.45) is 6.01. The molecule has 2 aromatic heterocycles. The first kappa shape index (κ1) is 8.62. The molecule has 14 heavy (non-hydrogen) atoms. The Bertz CT molecular complexity index is 417. The zero-order valence-electron chi connectivity index (χ0n) is 7.64. The molecule has 69 valence electrons. The number of methoxy groups -OCH3 is 1. The van der Waals surface area contributed by atoms with E-state index in [2.05, 4.69) is 21.4 Å². The number of pyridine rings is 1. The second kappa shape index (κ2) is 3.83. The number of aromatic nitrogens is 3. The molecule has 0 aliphatic carbocycles. The highest BCUT2D eigenvalue weighted by Crippen LogP contribution is 2.24. The van der Waals surface area contributed by atoms with Gasteiger partial charge in [0, 0.05) is 6.20 Å². The summed E-state index contributed by atoms with van der Waals surface area (Å²) in [6, 6.07) is 5.62. The summed E-state index contributed by atoms with van der Waals surface area (Å²) in [5, 5.41) is 7.36. The lowest BCUT2D eigenvalue weighted by molar-refractivity contribution is 0.413. The molecular formula is C10H8N3O. The highest BCUT2D eigenvalue weighted by molar-refractivity contribution is 5.64.